The minimum absolute atomic E-state index is 0.0506. The lowest BCUT2D eigenvalue weighted by atomic mass is 9.94. The van der Waals surface area contributed by atoms with Crippen molar-refractivity contribution in [2.75, 3.05) is 13.1 Å². The van der Waals surface area contributed by atoms with Gasteiger partial charge in [0.15, 0.2) is 0 Å². The van der Waals surface area contributed by atoms with Crippen molar-refractivity contribution in [3.8, 4) is 0 Å². The second-order valence-corrected chi connectivity index (χ2v) is 5.42. The number of rotatable bonds is 3. The van der Waals surface area contributed by atoms with Crippen molar-refractivity contribution in [1.29, 1.82) is 0 Å². The van der Waals surface area contributed by atoms with E-state index in [9.17, 15) is 9.59 Å². The van der Waals surface area contributed by atoms with Gasteiger partial charge < -0.3 is 14.5 Å². The first-order chi connectivity index (χ1) is 9.41. The van der Waals surface area contributed by atoms with E-state index in [1.165, 1.54) is 0 Å². The van der Waals surface area contributed by atoms with Gasteiger partial charge in [-0.2, -0.15) is 0 Å². The van der Waals surface area contributed by atoms with Gasteiger partial charge in [-0.1, -0.05) is 5.16 Å². The Morgan fingerprint density at radius 3 is 2.70 bits per heavy atom. The molecular formula is C14H20N2O4. The summed E-state index contributed by atoms with van der Waals surface area (Å²) in [6.45, 7) is 6.33. The van der Waals surface area contributed by atoms with Crippen LogP contribution < -0.4 is 0 Å². The fourth-order valence-corrected chi connectivity index (χ4v) is 2.88. The van der Waals surface area contributed by atoms with Crippen LogP contribution in [0.1, 0.15) is 42.7 Å². The van der Waals surface area contributed by atoms with E-state index in [1.807, 2.05) is 13.8 Å². The molecule has 0 radical (unpaired) electrons. The van der Waals surface area contributed by atoms with E-state index < -0.39 is 11.9 Å². The number of aliphatic carboxylic acids is 1. The molecule has 1 saturated heterocycles. The SMILES string of the molecule is Cc1noc(C)c1[C@@H](C)C(=O)N1CCC[C@H](C(=O)O)C1. The molecule has 6 nitrogen and oxygen atoms in total. The van der Waals surface area contributed by atoms with Gasteiger partial charge in [0.2, 0.25) is 5.91 Å². The van der Waals surface area contributed by atoms with Crippen molar-refractivity contribution in [3.05, 3.63) is 17.0 Å². The molecule has 1 fully saturated rings. The summed E-state index contributed by atoms with van der Waals surface area (Å²) in [7, 11) is 0. The van der Waals surface area contributed by atoms with Crippen molar-refractivity contribution < 1.29 is 19.2 Å². The Hall–Kier alpha value is -1.85. The molecule has 110 valence electrons. The standard InChI is InChI=1S/C14H20N2O4/c1-8(12-9(2)15-20-10(12)3)13(17)16-6-4-5-11(7-16)14(18)19/h8,11H,4-7H2,1-3H3,(H,18,19)/t8-,11+/m1/s1. The van der Waals surface area contributed by atoms with Crippen LogP contribution in [0.25, 0.3) is 0 Å². The van der Waals surface area contributed by atoms with E-state index >= 15 is 0 Å². The third-order valence-electron chi connectivity index (χ3n) is 3.97. The maximum absolute atomic E-state index is 12.5. The lowest BCUT2D eigenvalue weighted by molar-refractivity contribution is -0.146. The van der Waals surface area contributed by atoms with E-state index in [4.69, 9.17) is 9.63 Å². The number of nitrogens with zero attached hydrogens (tertiary/aromatic N) is 2. The van der Waals surface area contributed by atoms with Crippen LogP contribution in [-0.2, 0) is 9.59 Å². The maximum Gasteiger partial charge on any atom is 0.308 e. The van der Waals surface area contributed by atoms with Gasteiger partial charge in [-0.3, -0.25) is 9.59 Å². The quantitative estimate of drug-likeness (QED) is 0.911. The van der Waals surface area contributed by atoms with E-state index in [1.54, 1.807) is 11.8 Å². The Morgan fingerprint density at radius 1 is 1.45 bits per heavy atom. The van der Waals surface area contributed by atoms with Gasteiger partial charge >= 0.3 is 5.97 Å². The smallest absolute Gasteiger partial charge is 0.308 e. The number of piperidine rings is 1. The summed E-state index contributed by atoms with van der Waals surface area (Å²) in [5, 5.41) is 13.0. The fraction of sp³-hybridized carbons (Fsp3) is 0.643. The minimum atomic E-state index is -0.826. The summed E-state index contributed by atoms with van der Waals surface area (Å²) < 4.78 is 5.10. The molecule has 0 aliphatic carbocycles. The van der Waals surface area contributed by atoms with Crippen LogP contribution in [0.3, 0.4) is 0 Å². The first-order valence-corrected chi connectivity index (χ1v) is 6.86. The van der Waals surface area contributed by atoms with Crippen LogP contribution in [0.5, 0.6) is 0 Å². The molecule has 1 amide bonds. The van der Waals surface area contributed by atoms with Crippen molar-refractivity contribution in [2.45, 2.75) is 39.5 Å². The second kappa shape index (κ2) is 5.64. The molecule has 0 unspecified atom stereocenters. The molecule has 2 atom stereocenters. The first-order valence-electron chi connectivity index (χ1n) is 6.86. The second-order valence-electron chi connectivity index (χ2n) is 5.42. The molecule has 0 bridgehead atoms. The van der Waals surface area contributed by atoms with Crippen LogP contribution in [0.15, 0.2) is 4.52 Å². The molecule has 20 heavy (non-hydrogen) atoms. The molecule has 2 rings (SSSR count). The summed E-state index contributed by atoms with van der Waals surface area (Å²) in [6.07, 6.45) is 1.37. The van der Waals surface area contributed by atoms with Gasteiger partial charge in [0.05, 0.1) is 17.5 Å². The number of hydrogen-bond acceptors (Lipinski definition) is 4. The zero-order valence-corrected chi connectivity index (χ0v) is 12.0. The highest BCUT2D eigenvalue weighted by Crippen LogP contribution is 2.27. The monoisotopic (exact) mass is 280 g/mol. The fourth-order valence-electron chi connectivity index (χ4n) is 2.88. The number of aryl methyl sites for hydroxylation is 2. The van der Waals surface area contributed by atoms with Gasteiger partial charge in [-0.25, -0.2) is 0 Å². The van der Waals surface area contributed by atoms with Crippen LogP contribution in [0.2, 0.25) is 0 Å². The number of carbonyl (C=O) groups is 2. The topological polar surface area (TPSA) is 83.6 Å². The third kappa shape index (κ3) is 2.69. The minimum Gasteiger partial charge on any atom is -0.481 e. The Kier molecular flexibility index (Phi) is 4.11. The summed E-state index contributed by atoms with van der Waals surface area (Å²) >= 11 is 0. The van der Waals surface area contributed by atoms with Gasteiger partial charge in [-0.15, -0.1) is 0 Å². The van der Waals surface area contributed by atoms with Crippen molar-refractivity contribution in [3.63, 3.8) is 0 Å². The molecule has 6 heteroatoms. The molecule has 1 aliphatic heterocycles. The molecule has 0 saturated carbocycles. The van der Waals surface area contributed by atoms with Crippen LogP contribution in [-0.4, -0.2) is 40.1 Å². The van der Waals surface area contributed by atoms with Gasteiger partial charge in [-0.05, 0) is 33.6 Å². The molecule has 0 aromatic carbocycles. The maximum atomic E-state index is 12.5. The van der Waals surface area contributed by atoms with Crippen LogP contribution in [0, 0.1) is 19.8 Å². The summed E-state index contributed by atoms with van der Waals surface area (Å²) in [5.74, 6) is -1.04. The number of aromatic nitrogens is 1. The predicted octanol–water partition coefficient (Wildman–Crippen LogP) is 1.72. The van der Waals surface area contributed by atoms with Crippen molar-refractivity contribution in [2.24, 2.45) is 5.92 Å². The van der Waals surface area contributed by atoms with E-state index in [2.05, 4.69) is 5.16 Å². The van der Waals surface area contributed by atoms with E-state index in [0.29, 0.717) is 25.3 Å². The largest absolute Gasteiger partial charge is 0.481 e. The molecule has 1 N–H and O–H groups in total. The normalized spacial score (nSPS) is 20.8. The van der Waals surface area contributed by atoms with E-state index in [0.717, 1.165) is 17.7 Å². The first kappa shape index (κ1) is 14.6. The number of carbonyl (C=O) groups excluding carboxylic acids is 1. The number of hydrogen-bond donors (Lipinski definition) is 1. The number of likely N-dealkylation sites (tertiary alicyclic amines) is 1. The number of carboxylic acid groups (broad SMARTS) is 1. The van der Waals surface area contributed by atoms with Crippen LogP contribution >= 0.6 is 0 Å². The molecule has 0 spiro atoms. The molecule has 2 heterocycles. The Morgan fingerprint density at radius 2 is 2.15 bits per heavy atom. The molecule has 1 aliphatic rings. The predicted molar refractivity (Wildman–Crippen MR) is 71.3 cm³/mol. The number of carboxylic acids is 1. The zero-order valence-electron chi connectivity index (χ0n) is 12.0. The highest BCUT2D eigenvalue weighted by molar-refractivity contribution is 5.84. The highest BCUT2D eigenvalue weighted by Gasteiger charge is 2.32. The number of amides is 1. The average Bonchev–Trinajstić information content (AvgIpc) is 2.76. The summed E-state index contributed by atoms with van der Waals surface area (Å²) in [4.78, 5) is 25.3. The third-order valence-corrected chi connectivity index (χ3v) is 3.97. The lowest BCUT2D eigenvalue weighted by Gasteiger charge is -2.32. The lowest BCUT2D eigenvalue weighted by Crippen LogP contribution is -2.44. The molecule has 1 aromatic heterocycles. The summed E-state index contributed by atoms with van der Waals surface area (Å²) in [6, 6.07) is 0. The molecular weight excluding hydrogens is 260 g/mol. The summed E-state index contributed by atoms with van der Waals surface area (Å²) in [5.41, 5.74) is 1.53. The Labute approximate surface area is 117 Å². The van der Waals surface area contributed by atoms with Gasteiger partial charge in [0, 0.05) is 18.7 Å². The van der Waals surface area contributed by atoms with Crippen molar-refractivity contribution >= 4 is 11.9 Å². The van der Waals surface area contributed by atoms with E-state index in [-0.39, 0.29) is 11.8 Å². The molecule has 1 aromatic rings. The zero-order chi connectivity index (χ0) is 14.9. The Bertz CT molecular complexity index is 504. The van der Waals surface area contributed by atoms with Gasteiger partial charge in [0.25, 0.3) is 0 Å². The Balaban J connectivity index is 2.13. The highest BCUT2D eigenvalue weighted by atomic mass is 16.5. The van der Waals surface area contributed by atoms with Gasteiger partial charge in [0.1, 0.15) is 5.76 Å². The van der Waals surface area contributed by atoms with Crippen LogP contribution in [0.4, 0.5) is 0 Å². The average molecular weight is 280 g/mol. The van der Waals surface area contributed by atoms with Crippen molar-refractivity contribution in [1.82, 2.24) is 10.1 Å².